The molecule has 1 aromatic carbocycles. The molecule has 2 aliphatic carbocycles. The zero-order valence-electron chi connectivity index (χ0n) is 11.9. The van der Waals surface area contributed by atoms with E-state index in [4.69, 9.17) is 9.47 Å². The summed E-state index contributed by atoms with van der Waals surface area (Å²) < 4.78 is 11.3. The van der Waals surface area contributed by atoms with Crippen molar-refractivity contribution in [2.45, 2.75) is 50.5 Å². The largest absolute Gasteiger partial charge is 0.496 e. The first kappa shape index (κ1) is 12.8. The predicted molar refractivity (Wildman–Crippen MR) is 74.3 cm³/mol. The van der Waals surface area contributed by atoms with Crippen LogP contribution in [0.25, 0.3) is 0 Å². The highest BCUT2D eigenvalue weighted by atomic mass is 16.5. The second-order valence-corrected chi connectivity index (χ2v) is 5.86. The molecule has 1 saturated carbocycles. The zero-order chi connectivity index (χ0) is 13.6. The second-order valence-electron chi connectivity index (χ2n) is 5.86. The van der Waals surface area contributed by atoms with Gasteiger partial charge in [0, 0.05) is 23.1 Å². The number of rotatable bonds is 4. The molecule has 0 aliphatic heterocycles. The third-order valence-corrected chi connectivity index (χ3v) is 4.59. The molecule has 3 atom stereocenters. The molecule has 104 valence electrons. The number of ether oxygens (including phenoxy) is 2. The molecule has 0 spiro atoms. The Bertz CT molecular complexity index is 493. The number of aliphatic hydroxyl groups excluding tert-OH is 1. The van der Waals surface area contributed by atoms with E-state index in [0.29, 0.717) is 18.3 Å². The maximum absolute atomic E-state index is 9.67. The van der Waals surface area contributed by atoms with Crippen molar-refractivity contribution < 1.29 is 14.6 Å². The Hall–Kier alpha value is -1.22. The highest BCUT2D eigenvalue weighted by Gasteiger charge is 2.42. The molecule has 0 saturated heterocycles. The summed E-state index contributed by atoms with van der Waals surface area (Å²) in [5, 5.41) is 9.67. The van der Waals surface area contributed by atoms with E-state index in [0.717, 1.165) is 17.1 Å². The number of fused-ring (bicyclic) bond motifs is 5. The van der Waals surface area contributed by atoms with Gasteiger partial charge < -0.3 is 14.6 Å². The summed E-state index contributed by atoms with van der Waals surface area (Å²) in [6.07, 6.45) is 4.02. The molecule has 1 aromatic rings. The average Bonchev–Trinajstić information content (AvgIpc) is 2.98. The van der Waals surface area contributed by atoms with Gasteiger partial charge in [0.15, 0.2) is 0 Å². The Morgan fingerprint density at radius 1 is 1.21 bits per heavy atom. The molecule has 3 heteroatoms. The van der Waals surface area contributed by atoms with E-state index in [-0.39, 0.29) is 6.10 Å². The maximum Gasteiger partial charge on any atom is 0.126 e. The molecule has 1 fully saturated rings. The van der Waals surface area contributed by atoms with Gasteiger partial charge in [-0.2, -0.15) is 0 Å². The molecule has 0 aromatic heterocycles. The molecular weight excluding hydrogens is 240 g/mol. The van der Waals surface area contributed by atoms with Crippen molar-refractivity contribution in [3.63, 3.8) is 0 Å². The molecule has 2 aliphatic rings. The van der Waals surface area contributed by atoms with Gasteiger partial charge >= 0.3 is 0 Å². The van der Waals surface area contributed by atoms with Gasteiger partial charge in [-0.1, -0.05) is 0 Å². The summed E-state index contributed by atoms with van der Waals surface area (Å²) in [7, 11) is 3.47. The van der Waals surface area contributed by atoms with Crippen LogP contribution in [0.5, 0.6) is 11.5 Å². The van der Waals surface area contributed by atoms with Crippen LogP contribution in [-0.4, -0.2) is 25.4 Å². The van der Waals surface area contributed by atoms with Crippen molar-refractivity contribution in [1.82, 2.24) is 0 Å². The minimum Gasteiger partial charge on any atom is -0.496 e. The average molecular weight is 262 g/mol. The van der Waals surface area contributed by atoms with E-state index in [9.17, 15) is 5.11 Å². The van der Waals surface area contributed by atoms with Crippen LogP contribution < -0.4 is 9.47 Å². The van der Waals surface area contributed by atoms with Gasteiger partial charge in [-0.05, 0) is 44.1 Å². The van der Waals surface area contributed by atoms with Crippen LogP contribution in [0.1, 0.15) is 54.7 Å². The van der Waals surface area contributed by atoms with Crippen LogP contribution in [0.3, 0.4) is 0 Å². The summed E-state index contributed by atoms with van der Waals surface area (Å²) in [6.45, 7) is 1.81. The molecule has 19 heavy (non-hydrogen) atoms. The van der Waals surface area contributed by atoms with E-state index in [1.165, 1.54) is 30.4 Å². The van der Waals surface area contributed by atoms with Crippen LogP contribution >= 0.6 is 0 Å². The van der Waals surface area contributed by atoms with Gasteiger partial charge in [-0.3, -0.25) is 0 Å². The summed E-state index contributed by atoms with van der Waals surface area (Å²) in [6, 6.07) is 2.06. The SMILES string of the molecule is COc1cc(CC(C)O)c(OC)c2c1C1CCC2C1. The van der Waals surface area contributed by atoms with Gasteiger partial charge in [-0.15, -0.1) is 0 Å². The fraction of sp³-hybridized carbons (Fsp3) is 0.625. The summed E-state index contributed by atoms with van der Waals surface area (Å²) in [5.74, 6) is 3.24. The van der Waals surface area contributed by atoms with Crippen molar-refractivity contribution in [1.29, 1.82) is 0 Å². The smallest absolute Gasteiger partial charge is 0.126 e. The Morgan fingerprint density at radius 3 is 2.47 bits per heavy atom. The van der Waals surface area contributed by atoms with Gasteiger partial charge in [0.05, 0.1) is 20.3 Å². The van der Waals surface area contributed by atoms with E-state index >= 15 is 0 Å². The highest BCUT2D eigenvalue weighted by molar-refractivity contribution is 5.60. The first-order valence-corrected chi connectivity index (χ1v) is 7.11. The van der Waals surface area contributed by atoms with Gasteiger partial charge in [0.1, 0.15) is 11.5 Å². The van der Waals surface area contributed by atoms with Crippen LogP contribution in [0.15, 0.2) is 6.07 Å². The van der Waals surface area contributed by atoms with Crippen LogP contribution in [0, 0.1) is 0 Å². The lowest BCUT2D eigenvalue weighted by atomic mass is 9.87. The summed E-state index contributed by atoms with van der Waals surface area (Å²) in [5.41, 5.74) is 3.79. The van der Waals surface area contributed by atoms with Crippen molar-refractivity contribution in [2.75, 3.05) is 14.2 Å². The third-order valence-electron chi connectivity index (χ3n) is 4.59. The number of aliphatic hydroxyl groups is 1. The molecule has 2 bridgehead atoms. The Kier molecular flexibility index (Phi) is 3.17. The number of methoxy groups -OCH3 is 2. The molecule has 3 nitrogen and oxygen atoms in total. The standard InChI is InChI=1S/C16H22O3/c1-9(17)6-12-8-13(18-2)14-10-4-5-11(7-10)15(14)16(12)19-3/h8-11,17H,4-7H2,1-3H3. The Balaban J connectivity index is 2.16. The van der Waals surface area contributed by atoms with Crippen molar-refractivity contribution >= 4 is 0 Å². The quantitative estimate of drug-likeness (QED) is 0.906. The van der Waals surface area contributed by atoms with Crippen LogP contribution in [-0.2, 0) is 6.42 Å². The lowest BCUT2D eigenvalue weighted by Crippen LogP contribution is -2.10. The van der Waals surface area contributed by atoms with Gasteiger partial charge in [-0.25, -0.2) is 0 Å². The van der Waals surface area contributed by atoms with Crippen molar-refractivity contribution in [3.8, 4) is 11.5 Å². The van der Waals surface area contributed by atoms with Crippen molar-refractivity contribution in [2.24, 2.45) is 0 Å². The topological polar surface area (TPSA) is 38.7 Å². The summed E-state index contributed by atoms with van der Waals surface area (Å²) in [4.78, 5) is 0. The maximum atomic E-state index is 9.67. The predicted octanol–water partition coefficient (Wildman–Crippen LogP) is 2.99. The Morgan fingerprint density at radius 2 is 1.89 bits per heavy atom. The van der Waals surface area contributed by atoms with Crippen LogP contribution in [0.2, 0.25) is 0 Å². The minimum absolute atomic E-state index is 0.366. The number of hydrogen-bond donors (Lipinski definition) is 1. The van der Waals surface area contributed by atoms with E-state index in [1.54, 1.807) is 14.2 Å². The fourth-order valence-corrected chi connectivity index (χ4v) is 3.94. The lowest BCUT2D eigenvalue weighted by Gasteiger charge is -2.24. The molecule has 1 N–H and O–H groups in total. The first-order chi connectivity index (χ1) is 9.15. The fourth-order valence-electron chi connectivity index (χ4n) is 3.94. The van der Waals surface area contributed by atoms with Crippen molar-refractivity contribution in [3.05, 3.63) is 22.8 Å². The van der Waals surface area contributed by atoms with E-state index in [1.807, 2.05) is 6.92 Å². The monoisotopic (exact) mass is 262 g/mol. The molecule has 0 radical (unpaired) electrons. The van der Waals surface area contributed by atoms with Gasteiger partial charge in [0.2, 0.25) is 0 Å². The second kappa shape index (κ2) is 4.71. The normalized spacial score (nSPS) is 25.3. The number of benzene rings is 1. The molecule has 3 unspecified atom stereocenters. The highest BCUT2D eigenvalue weighted by Crippen LogP contribution is 2.59. The van der Waals surface area contributed by atoms with Gasteiger partial charge in [0.25, 0.3) is 0 Å². The molecule has 0 amide bonds. The molecule has 0 heterocycles. The molecular formula is C16H22O3. The molecule has 3 rings (SSSR count). The third kappa shape index (κ3) is 1.91. The van der Waals surface area contributed by atoms with E-state index < -0.39 is 0 Å². The van der Waals surface area contributed by atoms with E-state index in [2.05, 4.69) is 6.07 Å². The van der Waals surface area contributed by atoms with Crippen LogP contribution in [0.4, 0.5) is 0 Å². The minimum atomic E-state index is -0.366. The number of hydrogen-bond acceptors (Lipinski definition) is 3. The Labute approximate surface area is 114 Å². The first-order valence-electron chi connectivity index (χ1n) is 7.11. The zero-order valence-corrected chi connectivity index (χ0v) is 11.9. The summed E-state index contributed by atoms with van der Waals surface area (Å²) >= 11 is 0. The lowest BCUT2D eigenvalue weighted by molar-refractivity contribution is 0.194.